The normalized spacial score (nSPS) is 14.9. The number of nitrogens with zero attached hydrogens (tertiary/aromatic N) is 1. The molecule has 1 rings (SSSR count). The zero-order chi connectivity index (χ0) is 14.3. The number of oxime groups is 1. The molecule has 0 spiro atoms. The third kappa shape index (κ3) is 5.30. The molecule has 0 aliphatic carbocycles. The van der Waals surface area contributed by atoms with E-state index >= 15 is 0 Å². The number of hydrogen-bond donors (Lipinski definition) is 0. The molecule has 0 N–H and O–H groups in total. The molecule has 2 unspecified atom stereocenters. The van der Waals surface area contributed by atoms with Gasteiger partial charge in [0.25, 0.3) is 0 Å². The predicted molar refractivity (Wildman–Crippen MR) is 76.8 cm³/mol. The van der Waals surface area contributed by atoms with Crippen LogP contribution in [0.4, 0.5) is 0 Å². The van der Waals surface area contributed by atoms with E-state index in [2.05, 4.69) is 5.16 Å². The molecular weight excluding hydrogens is 242 g/mol. The third-order valence-corrected chi connectivity index (χ3v) is 2.88. The van der Waals surface area contributed by atoms with Crippen LogP contribution in [0.15, 0.2) is 29.4 Å². The summed E-state index contributed by atoms with van der Waals surface area (Å²) in [6, 6.07) is 7.84. The second kappa shape index (κ2) is 7.79. The Morgan fingerprint density at radius 3 is 2.58 bits per heavy atom. The van der Waals surface area contributed by atoms with Crippen molar-refractivity contribution in [2.24, 2.45) is 5.16 Å². The first-order valence-corrected chi connectivity index (χ1v) is 6.44. The summed E-state index contributed by atoms with van der Waals surface area (Å²) >= 11 is 0. The molecule has 0 fully saturated rings. The number of rotatable bonds is 7. The summed E-state index contributed by atoms with van der Waals surface area (Å²) in [4.78, 5) is 4.78. The summed E-state index contributed by atoms with van der Waals surface area (Å²) in [6.07, 6.45) is 1.14. The molecule has 0 saturated carbocycles. The minimum Gasteiger partial charge on any atom is -0.491 e. The van der Waals surface area contributed by atoms with Crippen molar-refractivity contribution in [1.82, 2.24) is 0 Å². The lowest BCUT2D eigenvalue weighted by atomic mass is 10.1. The maximum atomic E-state index is 5.88. The average Bonchev–Trinajstić information content (AvgIpc) is 2.39. The van der Waals surface area contributed by atoms with E-state index in [9.17, 15) is 0 Å². The molecule has 19 heavy (non-hydrogen) atoms. The number of benzene rings is 1. The molecule has 0 bridgehead atoms. The fraction of sp³-hybridized carbons (Fsp3) is 0.533. The van der Waals surface area contributed by atoms with Crippen LogP contribution in [0.3, 0.4) is 0 Å². The van der Waals surface area contributed by atoms with Gasteiger partial charge >= 0.3 is 0 Å². The third-order valence-electron chi connectivity index (χ3n) is 2.88. The van der Waals surface area contributed by atoms with Gasteiger partial charge in [-0.05, 0) is 32.9 Å². The minimum absolute atomic E-state index is 0.102. The molecule has 4 nitrogen and oxygen atoms in total. The Morgan fingerprint density at radius 2 is 1.95 bits per heavy atom. The summed E-state index contributed by atoms with van der Waals surface area (Å²) in [5.41, 5.74) is 1.82. The van der Waals surface area contributed by atoms with E-state index in [0.717, 1.165) is 23.4 Å². The first-order valence-electron chi connectivity index (χ1n) is 6.44. The standard InChI is InChI=1S/C15H23NO3/c1-11(17-4)9-12(2)19-15-8-6-7-14(10-15)13(3)16-18-5/h6-8,10-12H,9H2,1-5H3. The Bertz CT molecular complexity index is 418. The number of methoxy groups -OCH3 is 1. The highest BCUT2D eigenvalue weighted by Gasteiger charge is 2.10. The van der Waals surface area contributed by atoms with E-state index in [-0.39, 0.29) is 12.2 Å². The van der Waals surface area contributed by atoms with Crippen molar-refractivity contribution in [3.8, 4) is 5.75 Å². The fourth-order valence-corrected chi connectivity index (χ4v) is 1.83. The molecule has 0 amide bonds. The zero-order valence-electron chi connectivity index (χ0n) is 12.3. The maximum Gasteiger partial charge on any atom is 0.120 e. The Labute approximate surface area is 115 Å². The summed E-state index contributed by atoms with van der Waals surface area (Å²) in [7, 11) is 3.25. The van der Waals surface area contributed by atoms with E-state index < -0.39 is 0 Å². The van der Waals surface area contributed by atoms with Gasteiger partial charge in [0.2, 0.25) is 0 Å². The van der Waals surface area contributed by atoms with Crippen LogP contribution < -0.4 is 4.74 Å². The maximum absolute atomic E-state index is 5.88. The molecule has 0 aliphatic rings. The van der Waals surface area contributed by atoms with Gasteiger partial charge in [-0.15, -0.1) is 0 Å². The van der Waals surface area contributed by atoms with Gasteiger partial charge in [-0.2, -0.15) is 0 Å². The topological polar surface area (TPSA) is 40.0 Å². The van der Waals surface area contributed by atoms with E-state index in [0.29, 0.717) is 0 Å². The fourth-order valence-electron chi connectivity index (χ4n) is 1.83. The molecule has 106 valence electrons. The quantitative estimate of drug-likeness (QED) is 0.561. The Morgan fingerprint density at radius 1 is 1.21 bits per heavy atom. The van der Waals surface area contributed by atoms with Gasteiger partial charge in [-0.3, -0.25) is 0 Å². The molecule has 0 aliphatic heterocycles. The van der Waals surface area contributed by atoms with Crippen LogP contribution in [0, 0.1) is 0 Å². The van der Waals surface area contributed by atoms with Gasteiger partial charge in [0, 0.05) is 19.1 Å². The SMILES string of the molecule is CON=C(C)c1cccc(OC(C)CC(C)OC)c1. The Balaban J connectivity index is 2.69. The van der Waals surface area contributed by atoms with Crippen molar-refractivity contribution in [3.05, 3.63) is 29.8 Å². The van der Waals surface area contributed by atoms with Crippen molar-refractivity contribution in [3.63, 3.8) is 0 Å². The van der Waals surface area contributed by atoms with Gasteiger partial charge in [0.15, 0.2) is 0 Å². The van der Waals surface area contributed by atoms with Crippen molar-refractivity contribution >= 4 is 5.71 Å². The van der Waals surface area contributed by atoms with Gasteiger partial charge in [-0.1, -0.05) is 17.3 Å². The lowest BCUT2D eigenvalue weighted by Crippen LogP contribution is -2.19. The molecule has 0 heterocycles. The number of hydrogen-bond acceptors (Lipinski definition) is 4. The largest absolute Gasteiger partial charge is 0.491 e. The smallest absolute Gasteiger partial charge is 0.120 e. The highest BCUT2D eigenvalue weighted by molar-refractivity contribution is 5.98. The molecule has 2 atom stereocenters. The van der Waals surface area contributed by atoms with Crippen LogP contribution in [0.5, 0.6) is 5.75 Å². The summed E-state index contributed by atoms with van der Waals surface area (Å²) in [5, 5.41) is 3.92. The highest BCUT2D eigenvalue weighted by atomic mass is 16.6. The Hall–Kier alpha value is -1.55. The Kier molecular flexibility index (Phi) is 6.36. The molecule has 0 radical (unpaired) electrons. The van der Waals surface area contributed by atoms with Crippen LogP contribution >= 0.6 is 0 Å². The van der Waals surface area contributed by atoms with Crippen LogP contribution in [-0.2, 0) is 9.57 Å². The average molecular weight is 265 g/mol. The first-order chi connectivity index (χ1) is 9.06. The molecular formula is C15H23NO3. The van der Waals surface area contributed by atoms with E-state index in [1.807, 2.05) is 45.0 Å². The minimum atomic E-state index is 0.102. The lowest BCUT2D eigenvalue weighted by molar-refractivity contribution is 0.0719. The monoisotopic (exact) mass is 265 g/mol. The first kappa shape index (κ1) is 15.5. The number of ether oxygens (including phenoxy) is 2. The van der Waals surface area contributed by atoms with Gasteiger partial charge in [-0.25, -0.2) is 0 Å². The van der Waals surface area contributed by atoms with Gasteiger partial charge in [0.05, 0.1) is 17.9 Å². The van der Waals surface area contributed by atoms with Crippen LogP contribution in [0.25, 0.3) is 0 Å². The van der Waals surface area contributed by atoms with Gasteiger partial charge in [0.1, 0.15) is 12.9 Å². The second-order valence-corrected chi connectivity index (χ2v) is 4.60. The highest BCUT2D eigenvalue weighted by Crippen LogP contribution is 2.17. The van der Waals surface area contributed by atoms with E-state index in [1.54, 1.807) is 7.11 Å². The van der Waals surface area contributed by atoms with Gasteiger partial charge < -0.3 is 14.3 Å². The van der Waals surface area contributed by atoms with Crippen molar-refractivity contribution in [2.75, 3.05) is 14.2 Å². The molecule has 1 aromatic rings. The van der Waals surface area contributed by atoms with E-state index in [1.165, 1.54) is 7.11 Å². The van der Waals surface area contributed by atoms with E-state index in [4.69, 9.17) is 14.3 Å². The predicted octanol–water partition coefficient (Wildman–Crippen LogP) is 3.25. The lowest BCUT2D eigenvalue weighted by Gasteiger charge is -2.18. The molecule has 4 heteroatoms. The van der Waals surface area contributed by atoms with Crippen LogP contribution in [0.1, 0.15) is 32.8 Å². The van der Waals surface area contributed by atoms with Crippen LogP contribution in [-0.4, -0.2) is 32.1 Å². The molecule has 0 aromatic heterocycles. The summed E-state index contributed by atoms with van der Waals surface area (Å²) in [5.74, 6) is 0.832. The van der Waals surface area contributed by atoms with Crippen molar-refractivity contribution in [1.29, 1.82) is 0 Å². The zero-order valence-corrected chi connectivity index (χ0v) is 12.3. The summed E-state index contributed by atoms with van der Waals surface area (Å²) < 4.78 is 11.1. The molecule has 1 aromatic carbocycles. The van der Waals surface area contributed by atoms with Crippen molar-refractivity contribution < 1.29 is 14.3 Å². The van der Waals surface area contributed by atoms with Crippen molar-refractivity contribution in [2.45, 2.75) is 39.4 Å². The second-order valence-electron chi connectivity index (χ2n) is 4.60. The molecule has 0 saturated heterocycles. The van der Waals surface area contributed by atoms with Crippen LogP contribution in [0.2, 0.25) is 0 Å². The summed E-state index contributed by atoms with van der Waals surface area (Å²) in [6.45, 7) is 5.98.